The van der Waals surface area contributed by atoms with E-state index in [0.717, 1.165) is 6.07 Å². The van der Waals surface area contributed by atoms with Crippen molar-refractivity contribution in [2.75, 3.05) is 13.1 Å². The van der Waals surface area contributed by atoms with E-state index in [2.05, 4.69) is 5.32 Å². The van der Waals surface area contributed by atoms with Gasteiger partial charge in [0.2, 0.25) is 0 Å². The molecule has 0 bridgehead atoms. The third-order valence-electron chi connectivity index (χ3n) is 3.00. The quantitative estimate of drug-likeness (QED) is 0.670. The highest BCUT2D eigenvalue weighted by Crippen LogP contribution is 2.27. The van der Waals surface area contributed by atoms with Crippen molar-refractivity contribution < 1.29 is 13.6 Å². The molecule has 0 radical (unpaired) electrons. The average molecular weight is 296 g/mol. The lowest BCUT2D eigenvalue weighted by atomic mass is 9.89. The van der Waals surface area contributed by atoms with Crippen molar-refractivity contribution in [2.45, 2.75) is 12.8 Å². The maximum atomic E-state index is 13.6. The van der Waals surface area contributed by atoms with Gasteiger partial charge in [0.15, 0.2) is 17.4 Å². The molecule has 100 valence electrons. The maximum absolute atomic E-state index is 13.6. The minimum absolute atomic E-state index is 0. The van der Waals surface area contributed by atoms with E-state index in [0.29, 0.717) is 25.9 Å². The third-order valence-corrected chi connectivity index (χ3v) is 3.32. The van der Waals surface area contributed by atoms with Crippen molar-refractivity contribution in [1.82, 2.24) is 5.32 Å². The van der Waals surface area contributed by atoms with Gasteiger partial charge in [-0.3, -0.25) is 4.79 Å². The second-order valence-corrected chi connectivity index (χ2v) is 4.51. The second kappa shape index (κ2) is 6.45. The van der Waals surface area contributed by atoms with Crippen LogP contribution in [0.1, 0.15) is 23.2 Å². The Morgan fingerprint density at radius 1 is 1.28 bits per heavy atom. The van der Waals surface area contributed by atoms with Crippen LogP contribution in [0.25, 0.3) is 0 Å². The molecule has 1 aromatic carbocycles. The molecule has 0 atom stereocenters. The van der Waals surface area contributed by atoms with Crippen LogP contribution in [0.2, 0.25) is 5.02 Å². The molecule has 0 amide bonds. The molecule has 1 aromatic rings. The summed E-state index contributed by atoms with van der Waals surface area (Å²) in [5, 5.41) is 3.09. The summed E-state index contributed by atoms with van der Waals surface area (Å²) < 4.78 is 26.7. The molecular weight excluding hydrogens is 283 g/mol. The zero-order valence-corrected chi connectivity index (χ0v) is 11.1. The number of hydrogen-bond acceptors (Lipinski definition) is 2. The molecule has 18 heavy (non-hydrogen) atoms. The highest BCUT2D eigenvalue weighted by Gasteiger charge is 2.27. The first-order chi connectivity index (χ1) is 8.11. The molecule has 0 saturated carbocycles. The van der Waals surface area contributed by atoms with Crippen molar-refractivity contribution in [3.63, 3.8) is 0 Å². The number of carbonyl (C=O) groups excluding carboxylic acids is 1. The Labute approximate surface area is 115 Å². The number of benzene rings is 1. The molecule has 6 heteroatoms. The number of carbonyl (C=O) groups is 1. The van der Waals surface area contributed by atoms with E-state index in [1.807, 2.05) is 0 Å². The number of hydrogen-bond donors (Lipinski definition) is 1. The molecule has 0 spiro atoms. The van der Waals surface area contributed by atoms with Crippen LogP contribution in [0.15, 0.2) is 12.1 Å². The molecule has 0 unspecified atom stereocenters. The Bertz CT molecular complexity index is 448. The summed E-state index contributed by atoms with van der Waals surface area (Å²) in [5.74, 6) is -2.84. The molecule has 2 nitrogen and oxygen atoms in total. The summed E-state index contributed by atoms with van der Waals surface area (Å²) in [6, 6.07) is 2.14. The number of ketones is 1. The van der Waals surface area contributed by atoms with Crippen LogP contribution in [-0.2, 0) is 0 Å². The number of nitrogens with one attached hydrogen (secondary N) is 1. The Morgan fingerprint density at radius 2 is 1.89 bits per heavy atom. The highest BCUT2D eigenvalue weighted by atomic mass is 35.5. The predicted octanol–water partition coefficient (Wildman–Crippen LogP) is 3.22. The topological polar surface area (TPSA) is 29.1 Å². The Morgan fingerprint density at radius 3 is 2.50 bits per heavy atom. The predicted molar refractivity (Wildman–Crippen MR) is 68.5 cm³/mol. The zero-order chi connectivity index (χ0) is 12.4. The Kier molecular flexibility index (Phi) is 5.50. The molecule has 1 fully saturated rings. The molecule has 2 rings (SSSR count). The zero-order valence-electron chi connectivity index (χ0n) is 9.51. The molecule has 0 aromatic heterocycles. The van der Waals surface area contributed by atoms with Gasteiger partial charge in [-0.15, -0.1) is 12.4 Å². The van der Waals surface area contributed by atoms with Gasteiger partial charge in [-0.2, -0.15) is 0 Å². The van der Waals surface area contributed by atoms with E-state index in [4.69, 9.17) is 11.6 Å². The third kappa shape index (κ3) is 2.99. The number of piperidine rings is 1. The van der Waals surface area contributed by atoms with E-state index in [9.17, 15) is 13.6 Å². The van der Waals surface area contributed by atoms with E-state index >= 15 is 0 Å². The van der Waals surface area contributed by atoms with Crippen LogP contribution in [0, 0.1) is 17.6 Å². The Balaban J connectivity index is 0.00000162. The van der Waals surface area contributed by atoms with Gasteiger partial charge in [0.1, 0.15) is 0 Å². The number of rotatable bonds is 2. The second-order valence-electron chi connectivity index (χ2n) is 4.11. The van der Waals surface area contributed by atoms with E-state index in [1.165, 1.54) is 6.07 Å². The fraction of sp³-hybridized carbons (Fsp3) is 0.417. The van der Waals surface area contributed by atoms with E-state index in [1.54, 1.807) is 0 Å². The molecule has 1 N–H and O–H groups in total. The summed E-state index contributed by atoms with van der Waals surface area (Å²) in [4.78, 5) is 12.1. The van der Waals surface area contributed by atoms with E-state index in [-0.39, 0.29) is 28.9 Å². The van der Waals surface area contributed by atoms with Gasteiger partial charge in [-0.1, -0.05) is 11.6 Å². The SMILES string of the molecule is Cl.O=C(c1c(Cl)ccc(F)c1F)C1CCNCC1. The van der Waals surface area contributed by atoms with Crippen LogP contribution in [-0.4, -0.2) is 18.9 Å². The molecule has 1 heterocycles. The number of Topliss-reactive ketones (excluding diaryl/α,β-unsaturated/α-hetero) is 1. The maximum Gasteiger partial charge on any atom is 0.171 e. The molecule has 0 aliphatic carbocycles. The van der Waals surface area contributed by atoms with Gasteiger partial charge in [0.05, 0.1) is 10.6 Å². The first-order valence-electron chi connectivity index (χ1n) is 5.49. The van der Waals surface area contributed by atoms with Crippen molar-refractivity contribution >= 4 is 29.8 Å². The smallest absolute Gasteiger partial charge is 0.171 e. The Hall–Kier alpha value is -0.710. The lowest BCUT2D eigenvalue weighted by Crippen LogP contribution is -2.32. The first-order valence-corrected chi connectivity index (χ1v) is 5.87. The summed E-state index contributed by atoms with van der Waals surface area (Å²) in [6.07, 6.45) is 1.26. The normalized spacial score (nSPS) is 16.2. The van der Waals surface area contributed by atoms with Crippen LogP contribution < -0.4 is 5.32 Å². The van der Waals surface area contributed by atoms with Crippen molar-refractivity contribution in [3.05, 3.63) is 34.4 Å². The van der Waals surface area contributed by atoms with Crippen LogP contribution in [0.3, 0.4) is 0 Å². The molecule has 1 aliphatic rings. The average Bonchev–Trinajstić information content (AvgIpc) is 2.35. The van der Waals surface area contributed by atoms with Crippen molar-refractivity contribution in [3.8, 4) is 0 Å². The van der Waals surface area contributed by atoms with Gasteiger partial charge in [0.25, 0.3) is 0 Å². The van der Waals surface area contributed by atoms with Crippen molar-refractivity contribution in [2.24, 2.45) is 5.92 Å². The fourth-order valence-electron chi connectivity index (χ4n) is 2.04. The minimum Gasteiger partial charge on any atom is -0.317 e. The van der Waals surface area contributed by atoms with Crippen LogP contribution in [0.4, 0.5) is 8.78 Å². The summed E-state index contributed by atoms with van der Waals surface area (Å²) in [7, 11) is 0. The lowest BCUT2D eigenvalue weighted by Gasteiger charge is -2.22. The highest BCUT2D eigenvalue weighted by molar-refractivity contribution is 6.34. The van der Waals surface area contributed by atoms with E-state index < -0.39 is 17.4 Å². The van der Waals surface area contributed by atoms with Gasteiger partial charge < -0.3 is 5.32 Å². The number of halogens is 4. The molecular formula is C12H13Cl2F2NO. The first kappa shape index (κ1) is 15.3. The van der Waals surface area contributed by atoms with Gasteiger partial charge in [0, 0.05) is 5.92 Å². The van der Waals surface area contributed by atoms with Crippen LogP contribution in [0.5, 0.6) is 0 Å². The van der Waals surface area contributed by atoms with Gasteiger partial charge in [-0.05, 0) is 38.1 Å². The van der Waals surface area contributed by atoms with Gasteiger partial charge >= 0.3 is 0 Å². The van der Waals surface area contributed by atoms with Crippen molar-refractivity contribution in [1.29, 1.82) is 0 Å². The monoisotopic (exact) mass is 295 g/mol. The fourth-order valence-corrected chi connectivity index (χ4v) is 2.28. The molecule has 1 aliphatic heterocycles. The summed E-state index contributed by atoms with van der Waals surface area (Å²) in [5.41, 5.74) is -0.307. The molecule has 1 saturated heterocycles. The van der Waals surface area contributed by atoms with Gasteiger partial charge in [-0.25, -0.2) is 8.78 Å². The summed E-state index contributed by atoms with van der Waals surface area (Å²) in [6.45, 7) is 1.43. The largest absolute Gasteiger partial charge is 0.317 e. The lowest BCUT2D eigenvalue weighted by molar-refractivity contribution is 0.0890. The standard InChI is InChI=1S/C12H12ClF2NO.ClH/c13-8-1-2-9(14)11(15)10(8)12(17)7-3-5-16-6-4-7;/h1-2,7,16H,3-6H2;1H. The summed E-state index contributed by atoms with van der Waals surface area (Å²) >= 11 is 5.77. The van der Waals surface area contributed by atoms with Crippen LogP contribution >= 0.6 is 24.0 Å². The minimum atomic E-state index is -1.14.